The van der Waals surface area contributed by atoms with Gasteiger partial charge in [-0.1, -0.05) is 35.9 Å². The molecule has 2 aliphatic rings. The zero-order valence-electron chi connectivity index (χ0n) is 18.4. The Morgan fingerprint density at radius 2 is 1.74 bits per heavy atom. The van der Waals surface area contributed by atoms with Gasteiger partial charge in [-0.3, -0.25) is 0 Å². The topological polar surface area (TPSA) is 50.1 Å². The molecule has 0 saturated heterocycles. The Labute approximate surface area is 189 Å². The van der Waals surface area contributed by atoms with Crippen molar-refractivity contribution in [3.05, 3.63) is 64.4 Å². The summed E-state index contributed by atoms with van der Waals surface area (Å²) in [4.78, 5) is 4.76. The predicted octanol–water partition coefficient (Wildman–Crippen LogP) is 5.41. The average Bonchev–Trinajstić information content (AvgIpc) is 3.33. The van der Waals surface area contributed by atoms with E-state index in [-0.39, 0.29) is 0 Å². The second kappa shape index (κ2) is 8.23. The van der Waals surface area contributed by atoms with Gasteiger partial charge < -0.3 is 15.0 Å². The van der Waals surface area contributed by atoms with Crippen LogP contribution in [-0.4, -0.2) is 27.2 Å². The molecule has 4 nitrogen and oxygen atoms in total. The first kappa shape index (κ1) is 21.0. The van der Waals surface area contributed by atoms with Gasteiger partial charge in [0.15, 0.2) is 0 Å². The average molecular weight is 438 g/mol. The summed E-state index contributed by atoms with van der Waals surface area (Å²) in [7, 11) is 0. The van der Waals surface area contributed by atoms with Crippen molar-refractivity contribution < 1.29 is 5.11 Å². The monoisotopic (exact) mass is 437 g/mol. The molecule has 2 aliphatic carbocycles. The Morgan fingerprint density at radius 1 is 1.06 bits per heavy atom. The van der Waals surface area contributed by atoms with Gasteiger partial charge in [0.05, 0.1) is 11.0 Å². The van der Waals surface area contributed by atoms with E-state index in [9.17, 15) is 5.11 Å². The van der Waals surface area contributed by atoms with E-state index < -0.39 is 5.60 Å². The van der Waals surface area contributed by atoms with E-state index in [1.54, 1.807) is 0 Å². The number of aromatic nitrogens is 2. The molecule has 1 heterocycles. The number of imidazole rings is 1. The lowest BCUT2D eigenvalue weighted by Crippen LogP contribution is -2.37. The second-order valence-corrected chi connectivity index (χ2v) is 10.4. The molecule has 0 aliphatic heterocycles. The van der Waals surface area contributed by atoms with Gasteiger partial charge in [0.2, 0.25) is 0 Å². The first-order valence-corrected chi connectivity index (χ1v) is 12.0. The maximum Gasteiger partial charge on any atom is 0.141 e. The summed E-state index contributed by atoms with van der Waals surface area (Å²) < 4.78 is 2.27. The van der Waals surface area contributed by atoms with Gasteiger partial charge >= 0.3 is 0 Å². The van der Waals surface area contributed by atoms with Crippen LogP contribution in [0.1, 0.15) is 62.5 Å². The van der Waals surface area contributed by atoms with Crippen LogP contribution in [0, 0.1) is 5.92 Å². The molecule has 1 saturated carbocycles. The summed E-state index contributed by atoms with van der Waals surface area (Å²) in [5.41, 5.74) is 4.01. The molecule has 0 unspecified atom stereocenters. The van der Waals surface area contributed by atoms with Crippen molar-refractivity contribution in [2.75, 3.05) is 6.54 Å². The van der Waals surface area contributed by atoms with E-state index in [0.29, 0.717) is 17.1 Å². The highest BCUT2D eigenvalue weighted by Crippen LogP contribution is 2.36. The number of aliphatic hydroxyl groups is 1. The van der Waals surface area contributed by atoms with E-state index in [0.717, 1.165) is 55.0 Å². The summed E-state index contributed by atoms with van der Waals surface area (Å²) in [5, 5.41) is 15.3. The maximum atomic E-state index is 10.8. The predicted molar refractivity (Wildman–Crippen MR) is 127 cm³/mol. The lowest BCUT2D eigenvalue weighted by molar-refractivity contribution is 0.0620. The van der Waals surface area contributed by atoms with E-state index in [4.69, 9.17) is 16.6 Å². The number of hydrogen-bond donors (Lipinski definition) is 2. The highest BCUT2D eigenvalue weighted by atomic mass is 35.5. The molecule has 31 heavy (non-hydrogen) atoms. The van der Waals surface area contributed by atoms with Crippen molar-refractivity contribution in [2.24, 2.45) is 5.92 Å². The fraction of sp³-hybridized carbons (Fsp3) is 0.500. The molecule has 0 radical (unpaired) electrons. The highest BCUT2D eigenvalue weighted by molar-refractivity contribution is 6.31. The summed E-state index contributed by atoms with van der Waals surface area (Å²) >= 11 is 6.20. The minimum atomic E-state index is -0.988. The zero-order chi connectivity index (χ0) is 21.6. The van der Waals surface area contributed by atoms with Crippen LogP contribution in [0.15, 0.2) is 42.5 Å². The Bertz CT molecular complexity index is 1050. The van der Waals surface area contributed by atoms with Crippen molar-refractivity contribution in [1.29, 1.82) is 0 Å². The minimum Gasteiger partial charge on any atom is -0.383 e. The van der Waals surface area contributed by atoms with Gasteiger partial charge in [-0.05, 0) is 94.2 Å². The van der Waals surface area contributed by atoms with Crippen LogP contribution in [-0.2, 0) is 18.4 Å². The Morgan fingerprint density at radius 3 is 2.39 bits per heavy atom. The third kappa shape index (κ3) is 4.26. The third-order valence-corrected chi connectivity index (χ3v) is 7.33. The van der Waals surface area contributed by atoms with Crippen LogP contribution in [0.3, 0.4) is 0 Å². The molecule has 0 atom stereocenters. The molecular weight excluding hydrogens is 406 g/mol. The Balaban J connectivity index is 1.24. The number of hydrogen-bond acceptors (Lipinski definition) is 3. The van der Waals surface area contributed by atoms with Gasteiger partial charge in [0.1, 0.15) is 11.4 Å². The number of halogens is 1. The van der Waals surface area contributed by atoms with Crippen LogP contribution in [0.5, 0.6) is 0 Å². The van der Waals surface area contributed by atoms with Gasteiger partial charge in [-0.2, -0.15) is 0 Å². The number of benzene rings is 2. The lowest BCUT2D eigenvalue weighted by atomic mass is 9.90. The SMILES string of the molecule is CC(C)(O)c1nc2cc(Cl)ccc2n1[C@H]1CC[C@@H](NCC2Cc3ccccc3C2)CC1. The maximum absolute atomic E-state index is 10.8. The van der Waals surface area contributed by atoms with Crippen LogP contribution in [0.25, 0.3) is 11.0 Å². The van der Waals surface area contributed by atoms with Crippen molar-refractivity contribution in [1.82, 2.24) is 14.9 Å². The lowest BCUT2D eigenvalue weighted by Gasteiger charge is -2.33. The van der Waals surface area contributed by atoms with Gasteiger partial charge in [-0.25, -0.2) is 4.98 Å². The molecule has 164 valence electrons. The highest BCUT2D eigenvalue weighted by Gasteiger charge is 2.31. The van der Waals surface area contributed by atoms with Crippen LogP contribution < -0.4 is 5.32 Å². The molecule has 3 aromatic rings. The van der Waals surface area contributed by atoms with Crippen LogP contribution >= 0.6 is 11.6 Å². The van der Waals surface area contributed by atoms with Crippen LogP contribution in [0.2, 0.25) is 5.02 Å². The largest absolute Gasteiger partial charge is 0.383 e. The number of nitrogens with one attached hydrogen (secondary N) is 1. The summed E-state index contributed by atoms with van der Waals surface area (Å²) in [5.74, 6) is 1.46. The molecule has 5 heteroatoms. The fourth-order valence-electron chi connectivity index (χ4n) is 5.54. The molecule has 0 bridgehead atoms. The van der Waals surface area contributed by atoms with Gasteiger partial charge in [-0.15, -0.1) is 0 Å². The Hall–Kier alpha value is -1.88. The first-order chi connectivity index (χ1) is 14.9. The van der Waals surface area contributed by atoms with E-state index in [2.05, 4.69) is 34.1 Å². The summed E-state index contributed by atoms with van der Waals surface area (Å²) in [6.07, 6.45) is 6.92. The van der Waals surface area contributed by atoms with Crippen LogP contribution in [0.4, 0.5) is 0 Å². The van der Waals surface area contributed by atoms with Crippen molar-refractivity contribution >= 4 is 22.6 Å². The summed E-state index contributed by atoms with van der Waals surface area (Å²) in [6.45, 7) is 4.74. The third-order valence-electron chi connectivity index (χ3n) is 7.09. The molecule has 2 aromatic carbocycles. The second-order valence-electron chi connectivity index (χ2n) is 9.95. The first-order valence-electron chi connectivity index (χ1n) is 11.6. The molecule has 2 N–H and O–H groups in total. The summed E-state index contributed by atoms with van der Waals surface area (Å²) in [6, 6.07) is 15.7. The number of rotatable bonds is 5. The van der Waals surface area contributed by atoms with E-state index >= 15 is 0 Å². The molecule has 5 rings (SSSR count). The number of fused-ring (bicyclic) bond motifs is 2. The quantitative estimate of drug-likeness (QED) is 0.561. The number of nitrogens with zero attached hydrogens (tertiary/aromatic N) is 2. The van der Waals surface area contributed by atoms with Crippen molar-refractivity contribution in [3.63, 3.8) is 0 Å². The Kier molecular flexibility index (Phi) is 5.58. The smallest absolute Gasteiger partial charge is 0.141 e. The minimum absolute atomic E-state index is 0.362. The normalized spacial score (nSPS) is 22.2. The standard InChI is InChI=1S/C26H32ClN3O/c1-26(2,31)25-29-23-15-20(27)7-12-24(23)30(25)22-10-8-21(9-11-22)28-16-17-13-18-5-3-4-6-19(18)14-17/h3-7,12,15,17,21-22,28,31H,8-11,13-14,16H2,1-2H3/t21-,22+. The van der Waals surface area contributed by atoms with Crippen molar-refractivity contribution in [3.8, 4) is 0 Å². The molecule has 0 spiro atoms. The fourth-order valence-corrected chi connectivity index (χ4v) is 5.71. The van der Waals surface area contributed by atoms with Gasteiger partial charge in [0.25, 0.3) is 0 Å². The van der Waals surface area contributed by atoms with E-state index in [1.165, 1.54) is 24.0 Å². The zero-order valence-corrected chi connectivity index (χ0v) is 19.2. The van der Waals surface area contributed by atoms with Crippen molar-refractivity contribution in [2.45, 2.75) is 70.1 Å². The van der Waals surface area contributed by atoms with Gasteiger partial charge in [0, 0.05) is 17.1 Å². The molecule has 0 amide bonds. The van der Waals surface area contributed by atoms with E-state index in [1.807, 2.05) is 32.0 Å². The molecular formula is C26H32ClN3O. The molecule has 1 aromatic heterocycles. The molecule has 1 fully saturated rings.